The second-order valence-corrected chi connectivity index (χ2v) is 1.07. The van der Waals surface area contributed by atoms with Crippen molar-refractivity contribution in [3.8, 4) is 0 Å². The van der Waals surface area contributed by atoms with Crippen LogP contribution in [0.1, 0.15) is 27.7 Å². The molecule has 0 aliphatic carbocycles. The van der Waals surface area contributed by atoms with Gasteiger partial charge in [0, 0.05) is 39.1 Å². The fourth-order valence-electron chi connectivity index (χ4n) is 0. The maximum Gasteiger partial charge on any atom is 1.00 e. The molecule has 0 spiro atoms. The largest absolute Gasteiger partial charge is 1.00 e. The van der Waals surface area contributed by atoms with Crippen LogP contribution < -0.4 is 40.8 Å². The Kier molecular flexibility index (Phi) is 96.9. The number of hydrogen-bond donors (Lipinski definition) is 2. The predicted molar refractivity (Wildman–Crippen MR) is 41.4 cm³/mol. The van der Waals surface area contributed by atoms with Crippen molar-refractivity contribution >= 4 is 11.9 Å². The van der Waals surface area contributed by atoms with Crippen LogP contribution in [0.5, 0.6) is 0 Å². The average molecular weight is 296 g/mol. The van der Waals surface area contributed by atoms with Gasteiger partial charge in [0.2, 0.25) is 0 Å². The summed E-state index contributed by atoms with van der Waals surface area (Å²) in [5, 5.41) is 16.2. The van der Waals surface area contributed by atoms with Crippen molar-refractivity contribution in [1.29, 1.82) is 0 Å². The number of carboxylic acid groups (broad SMARTS) is 1. The van der Waals surface area contributed by atoms with Crippen LogP contribution in [0.15, 0.2) is 0 Å². The van der Waals surface area contributed by atoms with Crippen molar-refractivity contribution in [3.63, 3.8) is 0 Å². The van der Waals surface area contributed by atoms with Gasteiger partial charge < -0.3 is 20.9 Å². The molecule has 80 valence electrons. The van der Waals surface area contributed by atoms with Crippen molar-refractivity contribution in [2.45, 2.75) is 27.7 Å². The molecule has 0 aliphatic heterocycles. The first-order valence-corrected chi connectivity index (χ1v) is 3.00. The summed E-state index contributed by atoms with van der Waals surface area (Å²) in [7, 11) is 0. The molecule has 14 heavy (non-hydrogen) atoms. The van der Waals surface area contributed by atoms with E-state index >= 15 is 0 Å². The third-order valence-electron chi connectivity index (χ3n) is 0.129. The van der Waals surface area contributed by atoms with Gasteiger partial charge in [0.25, 0.3) is 0 Å². The van der Waals surface area contributed by atoms with E-state index in [1.54, 1.807) is 0 Å². The molecular weight excluding hydrogens is 280 g/mol. The van der Waals surface area contributed by atoms with Crippen LogP contribution in [-0.4, -0.2) is 17.2 Å². The minimum absolute atomic E-state index is 0. The van der Waals surface area contributed by atoms with E-state index in [9.17, 15) is 4.79 Å². The monoisotopic (exact) mass is 295 g/mol. The van der Waals surface area contributed by atoms with Gasteiger partial charge in [-0.05, 0) is 6.92 Å². The summed E-state index contributed by atoms with van der Waals surface area (Å²) in [5.41, 5.74) is 0. The van der Waals surface area contributed by atoms with Crippen molar-refractivity contribution < 1.29 is 80.6 Å². The van der Waals surface area contributed by atoms with E-state index in [0.717, 1.165) is 13.8 Å². The number of hydrogen-bond acceptors (Lipinski definition) is 6. The van der Waals surface area contributed by atoms with E-state index < -0.39 is 11.9 Å². The summed E-state index contributed by atoms with van der Waals surface area (Å²) in [6.45, 7) is 6.08. The Balaban J connectivity index is -0.0000000166. The van der Waals surface area contributed by atoms with Gasteiger partial charge in [0.05, 0.1) is 0 Å². The van der Waals surface area contributed by atoms with Crippen LogP contribution in [0.4, 0.5) is 0 Å². The third kappa shape index (κ3) is 234. The first kappa shape index (κ1) is 36.4. The van der Waals surface area contributed by atoms with E-state index in [1.807, 2.05) is 13.8 Å². The number of carbonyl (C=O) groups excluding carboxylic acids is 2. The average Bonchev–Trinajstić information content (AvgIpc) is 1.91. The number of carbonyl (C=O) groups is 2. The molecular formula is C6H16NNaO5Zr. The van der Waals surface area contributed by atoms with Crippen LogP contribution >= 0.6 is 0 Å². The minimum atomic E-state index is -1.08. The molecule has 0 aromatic carbocycles. The summed E-state index contributed by atoms with van der Waals surface area (Å²) in [5.74, 6) is -1.77. The normalized spacial score (nSPS) is 4.64. The van der Waals surface area contributed by atoms with Crippen LogP contribution in [-0.2, 0) is 40.7 Å². The zero-order chi connectivity index (χ0) is 9.86. The summed E-state index contributed by atoms with van der Waals surface area (Å²) >= 11 is 0. The standard InChI is InChI=1S/C2H4O3.C2H4O2.C2H6.H3N.Na.Zr/c1-2(3)5-4;1-2(3)4;1-2;;;/h4H,1H3;1H3,(H,3,4);1-2H3;1H3;;/q;;;;+1;/p-1. The van der Waals surface area contributed by atoms with Crippen LogP contribution in [0.2, 0.25) is 0 Å². The van der Waals surface area contributed by atoms with Crippen LogP contribution in [0.25, 0.3) is 0 Å². The van der Waals surface area contributed by atoms with E-state index in [-0.39, 0.29) is 61.9 Å². The molecule has 0 unspecified atom stereocenters. The predicted octanol–water partition coefficient (Wildman–Crippen LogP) is -3.03. The summed E-state index contributed by atoms with van der Waals surface area (Å²) < 4.78 is 0. The van der Waals surface area contributed by atoms with Crippen LogP contribution in [0.3, 0.4) is 0 Å². The van der Waals surface area contributed by atoms with Gasteiger partial charge in [-0.15, -0.1) is 0 Å². The fraction of sp³-hybridized carbons (Fsp3) is 0.667. The zero-order valence-electron chi connectivity index (χ0n) is 9.29. The Morgan fingerprint density at radius 2 is 1.29 bits per heavy atom. The summed E-state index contributed by atoms with van der Waals surface area (Å²) in [6, 6.07) is 0. The van der Waals surface area contributed by atoms with E-state index in [1.165, 1.54) is 0 Å². The minimum Gasteiger partial charge on any atom is -0.550 e. The Hall–Kier alpha value is 0.743. The van der Waals surface area contributed by atoms with Gasteiger partial charge in [-0.2, -0.15) is 5.26 Å². The number of aliphatic carboxylic acids is 1. The molecule has 0 heterocycles. The molecule has 8 heteroatoms. The second-order valence-electron chi connectivity index (χ2n) is 1.07. The van der Waals surface area contributed by atoms with Crippen molar-refractivity contribution in [2.24, 2.45) is 0 Å². The second kappa shape index (κ2) is 37.2. The Bertz CT molecular complexity index is 110. The molecule has 0 saturated heterocycles. The van der Waals surface area contributed by atoms with E-state index in [0.29, 0.717) is 0 Å². The molecule has 0 bridgehead atoms. The summed E-state index contributed by atoms with van der Waals surface area (Å²) in [6.07, 6.45) is 0. The molecule has 6 nitrogen and oxygen atoms in total. The first-order chi connectivity index (χ1) is 5.00. The quantitative estimate of drug-likeness (QED) is 0.278. The van der Waals surface area contributed by atoms with Crippen LogP contribution in [0, 0.1) is 0 Å². The molecule has 0 radical (unpaired) electrons. The molecule has 0 amide bonds. The van der Waals surface area contributed by atoms with Crippen molar-refractivity contribution in [2.75, 3.05) is 0 Å². The number of rotatable bonds is 0. The molecule has 0 aliphatic rings. The Morgan fingerprint density at radius 3 is 1.29 bits per heavy atom. The number of carboxylic acids is 1. The zero-order valence-corrected chi connectivity index (χ0v) is 13.7. The topological polar surface area (TPSA) is 122 Å². The van der Waals surface area contributed by atoms with Gasteiger partial charge in [0.1, 0.15) is 0 Å². The smallest absolute Gasteiger partial charge is 0.550 e. The maximum absolute atomic E-state index is 9.34. The Labute approximate surface area is 125 Å². The molecule has 0 aromatic heterocycles. The van der Waals surface area contributed by atoms with Gasteiger partial charge in [-0.25, -0.2) is 4.79 Å². The summed E-state index contributed by atoms with van der Waals surface area (Å²) in [4.78, 5) is 21.3. The van der Waals surface area contributed by atoms with Crippen molar-refractivity contribution in [3.05, 3.63) is 0 Å². The Morgan fingerprint density at radius 1 is 1.21 bits per heavy atom. The van der Waals surface area contributed by atoms with Gasteiger partial charge in [0.15, 0.2) is 0 Å². The first-order valence-electron chi connectivity index (χ1n) is 3.00. The molecule has 0 aromatic rings. The third-order valence-corrected chi connectivity index (χ3v) is 0.129. The van der Waals surface area contributed by atoms with Gasteiger partial charge in [-0.3, -0.25) is 0 Å². The van der Waals surface area contributed by atoms with E-state index in [4.69, 9.17) is 15.2 Å². The van der Waals surface area contributed by atoms with Gasteiger partial charge in [-0.1, -0.05) is 13.8 Å². The molecule has 0 rings (SSSR count). The molecule has 4 N–H and O–H groups in total. The SMILES string of the molecule is CC.CC(=O)OO.CC(=O)[O-].N.[Na+].[Zr]. The van der Waals surface area contributed by atoms with Crippen molar-refractivity contribution in [1.82, 2.24) is 6.15 Å². The van der Waals surface area contributed by atoms with Gasteiger partial charge >= 0.3 is 35.5 Å². The molecule has 0 atom stereocenters. The maximum atomic E-state index is 9.34. The fourth-order valence-corrected chi connectivity index (χ4v) is 0. The van der Waals surface area contributed by atoms with E-state index in [2.05, 4.69) is 4.89 Å². The molecule has 0 saturated carbocycles. The molecule has 0 fully saturated rings.